The molecule has 182 valence electrons. The number of amidine groups is 1. The predicted octanol–water partition coefficient (Wildman–Crippen LogP) is 5.11. The molecule has 2 N–H and O–H groups in total. The van der Waals surface area contributed by atoms with Crippen LogP contribution in [0.4, 0.5) is 30.2 Å². The van der Waals surface area contributed by atoms with Crippen molar-refractivity contribution in [3.63, 3.8) is 0 Å². The number of amides is 1. The molecule has 0 fully saturated rings. The van der Waals surface area contributed by atoms with Crippen molar-refractivity contribution < 1.29 is 31.1 Å². The van der Waals surface area contributed by atoms with Crippen LogP contribution in [-0.4, -0.2) is 37.6 Å². The van der Waals surface area contributed by atoms with E-state index in [2.05, 4.69) is 19.6 Å². The highest BCUT2D eigenvalue weighted by atomic mass is 32.2. The molecule has 0 aliphatic carbocycles. The molecule has 0 saturated carbocycles. The number of carbonyl (C=O) groups excluding carboxylic acids is 1. The molecule has 0 saturated heterocycles. The van der Waals surface area contributed by atoms with Gasteiger partial charge in [-0.05, 0) is 35.9 Å². The summed E-state index contributed by atoms with van der Waals surface area (Å²) in [6.45, 7) is 1.90. The Morgan fingerprint density at radius 2 is 1.37 bits per heavy atom. The van der Waals surface area contributed by atoms with Crippen LogP contribution in [0.3, 0.4) is 0 Å². The Kier molecular flexibility index (Phi) is 7.97. The van der Waals surface area contributed by atoms with E-state index in [0.717, 1.165) is 12.1 Å². The van der Waals surface area contributed by atoms with Crippen molar-refractivity contribution in [3.05, 3.63) is 90.5 Å². The Morgan fingerprint density at radius 1 is 0.857 bits per heavy atom. The predicted molar refractivity (Wildman–Crippen MR) is 126 cm³/mol. The van der Waals surface area contributed by atoms with Crippen LogP contribution in [0.15, 0.2) is 95.0 Å². The molecule has 0 unspecified atom stereocenters. The van der Waals surface area contributed by atoms with Gasteiger partial charge in [0.05, 0.1) is 11.4 Å². The zero-order valence-corrected chi connectivity index (χ0v) is 19.2. The summed E-state index contributed by atoms with van der Waals surface area (Å²) in [6.07, 6.45) is -5.21. The number of benzene rings is 3. The van der Waals surface area contributed by atoms with Crippen LogP contribution in [0.2, 0.25) is 0 Å². The second-order valence-corrected chi connectivity index (χ2v) is 8.41. The fourth-order valence-electron chi connectivity index (χ4n) is 2.87. The Balaban J connectivity index is 1.94. The number of nitrogens with zero attached hydrogens (tertiary/aromatic N) is 3. The highest BCUT2D eigenvalue weighted by Crippen LogP contribution is 2.25. The molecule has 0 spiro atoms. The number of rotatable bonds is 7. The normalized spacial score (nSPS) is 12.8. The molecule has 0 bridgehead atoms. The van der Waals surface area contributed by atoms with E-state index in [4.69, 9.17) is 0 Å². The van der Waals surface area contributed by atoms with Crippen LogP contribution in [0.25, 0.3) is 0 Å². The van der Waals surface area contributed by atoms with E-state index in [1.54, 1.807) is 67.6 Å². The quantitative estimate of drug-likeness (QED) is 0.202. The first-order valence-electron chi connectivity index (χ1n) is 10.3. The molecule has 0 heterocycles. The van der Waals surface area contributed by atoms with Gasteiger partial charge in [-0.3, -0.25) is 14.4 Å². The minimum atomic E-state index is -5.21. The van der Waals surface area contributed by atoms with E-state index in [9.17, 15) is 26.4 Å². The number of nitrogens with one attached hydrogen (secondary N) is 2. The van der Waals surface area contributed by atoms with Crippen LogP contribution >= 0.6 is 0 Å². The van der Waals surface area contributed by atoms with Gasteiger partial charge in [-0.2, -0.15) is 21.6 Å². The summed E-state index contributed by atoms with van der Waals surface area (Å²) in [5, 5.41) is 3.90. The molecule has 3 aromatic rings. The lowest BCUT2D eigenvalue weighted by atomic mass is 10.2. The van der Waals surface area contributed by atoms with E-state index >= 15 is 0 Å². The lowest BCUT2D eigenvalue weighted by Gasteiger charge is -2.10. The van der Waals surface area contributed by atoms with Crippen molar-refractivity contribution in [2.24, 2.45) is 10.1 Å². The minimum absolute atomic E-state index is 0.0575. The highest BCUT2D eigenvalue weighted by molar-refractivity contribution is 7.94. The maximum absolute atomic E-state index is 13.3. The van der Waals surface area contributed by atoms with Crippen molar-refractivity contribution in [1.82, 2.24) is 0 Å². The molecule has 35 heavy (non-hydrogen) atoms. The minimum Gasteiger partial charge on any atom is -0.267 e. The molecule has 0 radical (unpaired) electrons. The highest BCUT2D eigenvalue weighted by Gasteiger charge is 2.51. The third-order valence-corrected chi connectivity index (χ3v) is 5.37. The van der Waals surface area contributed by atoms with Crippen molar-refractivity contribution >= 4 is 39.0 Å². The van der Waals surface area contributed by atoms with Gasteiger partial charge >= 0.3 is 22.3 Å². The summed E-state index contributed by atoms with van der Waals surface area (Å²) >= 11 is 0. The number of para-hydroxylation sites is 1. The van der Waals surface area contributed by atoms with Crippen molar-refractivity contribution in [2.45, 2.75) is 13.1 Å². The summed E-state index contributed by atoms with van der Waals surface area (Å²) < 4.78 is 69.5. The molecule has 8 nitrogen and oxygen atoms in total. The number of halogens is 3. The SMILES string of the molecule is CCN=C(N=[N+](C(=O)C(F)(F)F)c1ccc(NS(=O)(=O)Nc2ccccc2)cc1)c1ccccc1. The number of carbonyl (C=O) groups is 1. The van der Waals surface area contributed by atoms with Gasteiger partial charge in [0.1, 0.15) is 0 Å². The summed E-state index contributed by atoms with van der Waals surface area (Å²) in [7, 11) is -4.03. The van der Waals surface area contributed by atoms with E-state index in [1.807, 2.05) is 0 Å². The number of hydrogen-bond donors (Lipinski definition) is 2. The van der Waals surface area contributed by atoms with E-state index in [-0.39, 0.29) is 28.5 Å². The van der Waals surface area contributed by atoms with Crippen LogP contribution < -0.4 is 9.44 Å². The number of hydrogen-bond acceptors (Lipinski definition) is 4. The summed E-state index contributed by atoms with van der Waals surface area (Å²) in [5.74, 6) is -2.29. The van der Waals surface area contributed by atoms with Crippen LogP contribution in [-0.2, 0) is 15.0 Å². The van der Waals surface area contributed by atoms with Crippen LogP contribution in [0, 0.1) is 0 Å². The van der Waals surface area contributed by atoms with Gasteiger partial charge in [0.2, 0.25) is 11.5 Å². The third-order valence-electron chi connectivity index (χ3n) is 4.36. The maximum atomic E-state index is 13.3. The maximum Gasteiger partial charge on any atom is 0.524 e. The zero-order chi connectivity index (χ0) is 25.5. The molecular formula is C23H21F3N5O3S+. The first kappa shape index (κ1) is 25.6. The first-order valence-corrected chi connectivity index (χ1v) is 11.8. The van der Waals surface area contributed by atoms with Gasteiger partial charge in [0, 0.05) is 29.4 Å². The second-order valence-electron chi connectivity index (χ2n) is 7.00. The lowest BCUT2D eigenvalue weighted by Crippen LogP contribution is -2.32. The molecule has 3 rings (SSSR count). The largest absolute Gasteiger partial charge is 0.524 e. The molecule has 0 aliphatic heterocycles. The van der Waals surface area contributed by atoms with Gasteiger partial charge in [-0.15, -0.1) is 0 Å². The molecular weight excluding hydrogens is 483 g/mol. The van der Waals surface area contributed by atoms with Crippen molar-refractivity contribution in [1.29, 1.82) is 0 Å². The first-order chi connectivity index (χ1) is 16.6. The number of anilines is 2. The standard InChI is InChI=1S/C23H21F3N5O3S/c1-2-27-21(17-9-5-3-6-10-17)28-31(22(32)23(24,25)26)20-15-13-19(14-16-20)30-35(33,34)29-18-11-7-4-8-12-18/h3-16,29-30H,2H2,1H3/q+1. The van der Waals surface area contributed by atoms with Crippen molar-refractivity contribution in [2.75, 3.05) is 16.0 Å². The summed E-state index contributed by atoms with van der Waals surface area (Å²) in [4.78, 5) is 16.3. The topological polar surface area (TPSA) is 103 Å². The van der Waals surface area contributed by atoms with Gasteiger partial charge in [-0.1, -0.05) is 48.5 Å². The van der Waals surface area contributed by atoms with E-state index in [0.29, 0.717) is 11.3 Å². The van der Waals surface area contributed by atoms with Crippen molar-refractivity contribution in [3.8, 4) is 0 Å². The average Bonchev–Trinajstić information content (AvgIpc) is 2.82. The molecule has 3 aromatic carbocycles. The molecule has 0 aliphatic rings. The third kappa shape index (κ3) is 7.21. The van der Waals surface area contributed by atoms with Gasteiger partial charge < -0.3 is 0 Å². The van der Waals surface area contributed by atoms with Gasteiger partial charge in [0.25, 0.3) is 0 Å². The van der Waals surface area contributed by atoms with E-state index in [1.165, 1.54) is 12.1 Å². The number of azo groups is 2. The zero-order valence-electron chi connectivity index (χ0n) is 18.4. The fourth-order valence-corrected chi connectivity index (χ4v) is 3.81. The summed E-state index contributed by atoms with van der Waals surface area (Å²) in [6, 6.07) is 21.1. The molecule has 1 amide bonds. The molecule has 12 heteroatoms. The lowest BCUT2D eigenvalue weighted by molar-refractivity contribution is -0.449. The van der Waals surface area contributed by atoms with E-state index < -0.39 is 22.3 Å². The Labute approximate surface area is 200 Å². The number of aliphatic imine (C=N–C) groups is 1. The van der Waals surface area contributed by atoms with Gasteiger partial charge in [0.15, 0.2) is 0 Å². The second kappa shape index (κ2) is 10.9. The van der Waals surface area contributed by atoms with Gasteiger partial charge in [-0.25, -0.2) is 4.79 Å². The van der Waals surface area contributed by atoms with Crippen LogP contribution in [0.5, 0.6) is 0 Å². The Bertz CT molecular complexity index is 1330. The number of alkyl halides is 3. The van der Waals surface area contributed by atoms with Crippen LogP contribution in [0.1, 0.15) is 12.5 Å². The average molecular weight is 505 g/mol. The molecule has 0 aromatic heterocycles. The monoisotopic (exact) mass is 504 g/mol. The Hall–Kier alpha value is -4.06. The Morgan fingerprint density at radius 3 is 1.89 bits per heavy atom. The molecule has 0 atom stereocenters. The smallest absolute Gasteiger partial charge is 0.267 e. The fraction of sp³-hybridized carbons (Fsp3) is 0.130. The summed E-state index contributed by atoms with van der Waals surface area (Å²) in [5.41, 5.74) is 0.569.